The second-order valence-corrected chi connectivity index (χ2v) is 11.7. The molecule has 0 N–H and O–H groups in total. The van der Waals surface area contributed by atoms with Crippen molar-refractivity contribution in [1.82, 2.24) is 24.5 Å². The summed E-state index contributed by atoms with van der Waals surface area (Å²) >= 11 is 0. The zero-order valence-corrected chi connectivity index (χ0v) is 27.3. The van der Waals surface area contributed by atoms with Gasteiger partial charge in [0.05, 0.1) is 16.6 Å². The number of benzene rings is 4. The largest absolute Gasteiger partial charge is 0.457 e. The van der Waals surface area contributed by atoms with Crippen molar-refractivity contribution in [2.75, 3.05) is 0 Å². The van der Waals surface area contributed by atoms with E-state index in [1.54, 1.807) is 55.0 Å². The zero-order valence-electron chi connectivity index (χ0n) is 27.3. The highest BCUT2D eigenvalue weighted by Gasteiger charge is 2.30. The molecule has 4 aromatic carbocycles. The van der Waals surface area contributed by atoms with E-state index in [-0.39, 0.29) is 5.88 Å². The van der Waals surface area contributed by atoms with E-state index in [0.29, 0.717) is 46.3 Å². The van der Waals surface area contributed by atoms with Gasteiger partial charge in [0.2, 0.25) is 17.7 Å². The van der Waals surface area contributed by atoms with E-state index >= 15 is 0 Å². The van der Waals surface area contributed by atoms with Crippen LogP contribution >= 0.6 is 0 Å². The second kappa shape index (κ2) is 13.4. The van der Waals surface area contributed by atoms with Crippen molar-refractivity contribution in [3.63, 3.8) is 0 Å². The fourth-order valence-corrected chi connectivity index (χ4v) is 5.57. The molecule has 0 saturated carbocycles. The first-order chi connectivity index (χ1) is 25.2. The van der Waals surface area contributed by atoms with Crippen molar-refractivity contribution in [2.24, 2.45) is 0 Å². The predicted molar refractivity (Wildman–Crippen MR) is 188 cm³/mol. The summed E-state index contributed by atoms with van der Waals surface area (Å²) < 4.78 is 64.9. The van der Waals surface area contributed by atoms with Crippen molar-refractivity contribution in [1.29, 1.82) is 0 Å². The minimum atomic E-state index is -4.49. The molecule has 0 amide bonds. The summed E-state index contributed by atoms with van der Waals surface area (Å²) in [5.74, 6) is 4.02. The topological polar surface area (TPSA) is 93.4 Å². The van der Waals surface area contributed by atoms with Gasteiger partial charge in [-0.15, -0.1) is 0 Å². The fraction of sp³-hybridized carbons (Fsp3) is 0.0500. The molecule has 0 fully saturated rings. The number of pyridine rings is 2. The van der Waals surface area contributed by atoms with Crippen LogP contribution in [-0.2, 0) is 6.18 Å². The van der Waals surface area contributed by atoms with Crippen LogP contribution in [0.3, 0.4) is 0 Å². The number of nitrogens with zero attached hydrogens (tertiary/aromatic N) is 5. The van der Waals surface area contributed by atoms with Crippen molar-refractivity contribution >= 4 is 21.8 Å². The van der Waals surface area contributed by atoms with Crippen LogP contribution in [0.15, 0.2) is 140 Å². The number of ether oxygens (including phenoxy) is 4. The van der Waals surface area contributed by atoms with Crippen LogP contribution in [0.1, 0.15) is 11.1 Å². The Morgan fingerprint density at radius 1 is 0.500 bits per heavy atom. The maximum Gasteiger partial charge on any atom is 0.417 e. The van der Waals surface area contributed by atoms with E-state index in [1.807, 2.05) is 78.2 Å². The Balaban J connectivity index is 1.09. The number of alkyl halides is 3. The predicted octanol–water partition coefficient (Wildman–Crippen LogP) is 10.9. The van der Waals surface area contributed by atoms with Crippen molar-refractivity contribution < 1.29 is 32.1 Å². The maximum absolute atomic E-state index is 12.9. The Morgan fingerprint density at radius 3 is 1.48 bits per heavy atom. The SMILES string of the molecule is Cc1ccc(Oc2cccc(Oc3ccc4c5ccc(Oc6cccc(Oc7ccc(C(F)(F)F)cn7)c6)cc5n(-c5ncccn5)c4c3)c2)nc1. The number of rotatable bonds is 9. The third kappa shape index (κ3) is 6.90. The van der Waals surface area contributed by atoms with Gasteiger partial charge in [-0.2, -0.15) is 13.2 Å². The Morgan fingerprint density at radius 2 is 1.00 bits per heavy atom. The third-order valence-electron chi connectivity index (χ3n) is 7.94. The summed E-state index contributed by atoms with van der Waals surface area (Å²) in [7, 11) is 0. The van der Waals surface area contributed by atoms with Gasteiger partial charge in [-0.05, 0) is 73.2 Å². The monoisotopic (exact) mass is 697 g/mol. The molecule has 8 rings (SSSR count). The normalized spacial score (nSPS) is 11.5. The first-order valence-electron chi connectivity index (χ1n) is 16.0. The van der Waals surface area contributed by atoms with Gasteiger partial charge in [-0.25, -0.2) is 19.9 Å². The molecular formula is C40H26F3N5O4. The van der Waals surface area contributed by atoms with Gasteiger partial charge in [0, 0.05) is 72.0 Å². The molecular weight excluding hydrogens is 671 g/mol. The highest BCUT2D eigenvalue weighted by molar-refractivity contribution is 6.09. The Hall–Kier alpha value is -6.95. The van der Waals surface area contributed by atoms with Gasteiger partial charge in [-0.3, -0.25) is 4.57 Å². The minimum Gasteiger partial charge on any atom is -0.457 e. The van der Waals surface area contributed by atoms with Crippen LogP contribution in [0.4, 0.5) is 13.2 Å². The lowest BCUT2D eigenvalue weighted by atomic mass is 10.1. The summed E-state index contributed by atoms with van der Waals surface area (Å²) in [6, 6.07) is 33.1. The lowest BCUT2D eigenvalue weighted by Crippen LogP contribution is -2.05. The summed E-state index contributed by atoms with van der Waals surface area (Å²) in [5, 5.41) is 1.89. The van der Waals surface area contributed by atoms with Crippen molar-refractivity contribution in [2.45, 2.75) is 13.1 Å². The molecule has 0 aliphatic heterocycles. The lowest BCUT2D eigenvalue weighted by Gasteiger charge is -2.11. The Bertz CT molecular complexity index is 2520. The van der Waals surface area contributed by atoms with Gasteiger partial charge in [0.15, 0.2) is 0 Å². The number of hydrogen-bond acceptors (Lipinski definition) is 8. The Kier molecular flexibility index (Phi) is 8.32. The average molecular weight is 698 g/mol. The Labute approximate surface area is 294 Å². The molecule has 0 saturated heterocycles. The lowest BCUT2D eigenvalue weighted by molar-refractivity contribution is -0.137. The molecule has 256 valence electrons. The van der Waals surface area contributed by atoms with Gasteiger partial charge in [-0.1, -0.05) is 18.2 Å². The van der Waals surface area contributed by atoms with Gasteiger partial charge >= 0.3 is 6.18 Å². The van der Waals surface area contributed by atoms with Gasteiger partial charge < -0.3 is 18.9 Å². The molecule has 0 spiro atoms. The minimum absolute atomic E-state index is 0.0166. The first kappa shape index (κ1) is 32.3. The first-order valence-corrected chi connectivity index (χ1v) is 16.0. The van der Waals surface area contributed by atoms with Crippen molar-refractivity contribution in [3.8, 4) is 52.2 Å². The zero-order chi connectivity index (χ0) is 35.7. The van der Waals surface area contributed by atoms with Crippen LogP contribution in [0.25, 0.3) is 27.8 Å². The smallest absolute Gasteiger partial charge is 0.417 e. The van der Waals surface area contributed by atoms with E-state index in [2.05, 4.69) is 19.9 Å². The molecule has 12 heteroatoms. The quantitative estimate of drug-likeness (QED) is 0.147. The molecule has 4 heterocycles. The van der Waals surface area contributed by atoms with E-state index in [9.17, 15) is 13.2 Å². The molecule has 8 aromatic rings. The summed E-state index contributed by atoms with van der Waals surface area (Å²) in [6.45, 7) is 1.96. The molecule has 0 radical (unpaired) electrons. The van der Waals surface area contributed by atoms with Crippen LogP contribution in [0.2, 0.25) is 0 Å². The van der Waals surface area contributed by atoms with Crippen LogP contribution < -0.4 is 18.9 Å². The highest BCUT2D eigenvalue weighted by Crippen LogP contribution is 2.38. The fourth-order valence-electron chi connectivity index (χ4n) is 5.57. The van der Waals surface area contributed by atoms with E-state index in [4.69, 9.17) is 18.9 Å². The number of fused-ring (bicyclic) bond motifs is 3. The van der Waals surface area contributed by atoms with Crippen LogP contribution in [0, 0.1) is 6.92 Å². The molecule has 0 aliphatic rings. The second-order valence-electron chi connectivity index (χ2n) is 11.7. The molecule has 0 bridgehead atoms. The van der Waals surface area contributed by atoms with Crippen LogP contribution in [-0.4, -0.2) is 24.5 Å². The summed E-state index contributed by atoms with van der Waals surface area (Å²) in [4.78, 5) is 17.2. The molecule has 0 unspecified atom stereocenters. The van der Waals surface area contributed by atoms with Gasteiger partial charge in [0.1, 0.15) is 34.5 Å². The van der Waals surface area contributed by atoms with Gasteiger partial charge in [0.25, 0.3) is 0 Å². The summed E-state index contributed by atoms with van der Waals surface area (Å²) in [5.41, 5.74) is 1.78. The maximum atomic E-state index is 12.9. The number of halogens is 3. The standard InChI is InChI=1S/C40H26F3N5O4/c1-25-9-15-37(46-23-25)51-29-7-2-5-27(19-29)49-31-11-13-33-34-14-12-32(22-36(34)48(35(33)21-31)39-44-17-4-18-45-39)50-28-6-3-8-30(20-28)52-38-16-10-26(24-47-38)40(41,42)43/h2-24H,1H3. The summed E-state index contributed by atoms with van der Waals surface area (Å²) in [6.07, 6.45) is 1.33. The van der Waals surface area contributed by atoms with E-state index < -0.39 is 11.7 Å². The number of aryl methyl sites for hydroxylation is 1. The molecule has 4 aromatic heterocycles. The third-order valence-corrected chi connectivity index (χ3v) is 7.94. The van der Waals surface area contributed by atoms with E-state index in [0.717, 1.165) is 39.6 Å². The number of hydrogen-bond donors (Lipinski definition) is 0. The van der Waals surface area contributed by atoms with E-state index in [1.165, 1.54) is 6.07 Å². The molecule has 0 atom stereocenters. The van der Waals surface area contributed by atoms with Crippen molar-refractivity contribution in [3.05, 3.63) is 151 Å². The number of aromatic nitrogens is 5. The highest BCUT2D eigenvalue weighted by atomic mass is 19.4. The molecule has 0 aliphatic carbocycles. The molecule has 9 nitrogen and oxygen atoms in total. The average Bonchev–Trinajstić information content (AvgIpc) is 3.46. The molecule has 52 heavy (non-hydrogen) atoms. The van der Waals surface area contributed by atoms with Crippen LogP contribution in [0.5, 0.6) is 46.3 Å².